The molecule has 2 N–H and O–H groups in total. The molecule has 0 aliphatic heterocycles. The van der Waals surface area contributed by atoms with E-state index in [1.54, 1.807) is 0 Å². The van der Waals surface area contributed by atoms with Crippen molar-refractivity contribution < 1.29 is 19.4 Å². The van der Waals surface area contributed by atoms with Crippen molar-refractivity contribution in [2.45, 2.75) is 6.92 Å². The number of amides is 1. The van der Waals surface area contributed by atoms with E-state index in [1.165, 1.54) is 6.92 Å². The number of aliphatic hydroxyl groups is 1. The molecule has 1 amide bonds. The van der Waals surface area contributed by atoms with Gasteiger partial charge in [-0.3, -0.25) is 9.59 Å². The molecule has 12 heavy (non-hydrogen) atoms. The minimum absolute atomic E-state index is 0.110. The summed E-state index contributed by atoms with van der Waals surface area (Å²) in [6, 6.07) is 0. The second-order valence-electron chi connectivity index (χ2n) is 2.00. The van der Waals surface area contributed by atoms with Gasteiger partial charge in [0.1, 0.15) is 0 Å². The number of carbonyl (C=O) groups is 2. The van der Waals surface area contributed by atoms with E-state index in [-0.39, 0.29) is 18.9 Å². The van der Waals surface area contributed by atoms with Crippen LogP contribution in [0.1, 0.15) is 6.92 Å². The number of carbonyl (C=O) groups excluding carboxylic acids is 2. The highest BCUT2D eigenvalue weighted by Crippen LogP contribution is 1.92. The lowest BCUT2D eigenvalue weighted by atomic mass is 10.5. The summed E-state index contributed by atoms with van der Waals surface area (Å²) in [5.41, 5.74) is 0. The molecule has 5 heteroatoms. The molecule has 0 unspecified atom stereocenters. The van der Waals surface area contributed by atoms with Crippen molar-refractivity contribution in [2.24, 2.45) is 0 Å². The second-order valence-corrected chi connectivity index (χ2v) is 2.00. The van der Waals surface area contributed by atoms with Gasteiger partial charge in [-0.1, -0.05) is 6.58 Å². The minimum Gasteiger partial charge on any atom is -0.421 e. The third-order valence-corrected chi connectivity index (χ3v) is 0.918. The fraction of sp³-hybridized carbons (Fsp3) is 0.429. The molecule has 0 fully saturated rings. The third-order valence-electron chi connectivity index (χ3n) is 0.918. The van der Waals surface area contributed by atoms with E-state index in [2.05, 4.69) is 16.6 Å². The quantitative estimate of drug-likeness (QED) is 0.330. The van der Waals surface area contributed by atoms with Crippen LogP contribution in [0.2, 0.25) is 0 Å². The molecular weight excluding hydrogens is 162 g/mol. The molecule has 68 valence electrons. The van der Waals surface area contributed by atoms with E-state index < -0.39 is 11.9 Å². The molecule has 0 saturated carbocycles. The Hall–Kier alpha value is -1.36. The Morgan fingerprint density at radius 2 is 2.17 bits per heavy atom. The number of hydrogen-bond acceptors (Lipinski definition) is 4. The van der Waals surface area contributed by atoms with Crippen molar-refractivity contribution in [1.29, 1.82) is 0 Å². The Morgan fingerprint density at radius 1 is 1.58 bits per heavy atom. The van der Waals surface area contributed by atoms with Gasteiger partial charge in [0.25, 0.3) is 5.91 Å². The molecule has 0 atom stereocenters. The van der Waals surface area contributed by atoms with Gasteiger partial charge < -0.3 is 15.2 Å². The second kappa shape index (κ2) is 5.31. The van der Waals surface area contributed by atoms with Gasteiger partial charge in [-0.25, -0.2) is 0 Å². The van der Waals surface area contributed by atoms with Crippen LogP contribution in [-0.2, 0) is 14.3 Å². The molecule has 0 aromatic rings. The Bertz CT molecular complexity index is 200. The minimum atomic E-state index is -0.598. The fourth-order valence-electron chi connectivity index (χ4n) is 0.488. The van der Waals surface area contributed by atoms with Gasteiger partial charge in [0.2, 0.25) is 0 Å². The molecule has 0 rings (SSSR count). The fourth-order valence-corrected chi connectivity index (χ4v) is 0.488. The lowest BCUT2D eigenvalue weighted by Crippen LogP contribution is -2.28. The molecule has 0 aromatic heterocycles. The summed E-state index contributed by atoms with van der Waals surface area (Å²) in [6.07, 6.45) is 0. The summed E-state index contributed by atoms with van der Waals surface area (Å²) >= 11 is 0. The Balaban J connectivity index is 3.77. The van der Waals surface area contributed by atoms with Crippen LogP contribution in [0, 0.1) is 0 Å². The number of nitrogens with one attached hydrogen (secondary N) is 1. The van der Waals surface area contributed by atoms with Crippen molar-refractivity contribution in [3.8, 4) is 0 Å². The first kappa shape index (κ1) is 10.6. The zero-order valence-electron chi connectivity index (χ0n) is 6.79. The number of hydrogen-bond donors (Lipinski definition) is 2. The molecular formula is C7H11NO4. The highest BCUT2D eigenvalue weighted by atomic mass is 16.5. The van der Waals surface area contributed by atoms with Gasteiger partial charge in [0.15, 0.2) is 5.76 Å². The molecule has 5 nitrogen and oxygen atoms in total. The first-order valence-corrected chi connectivity index (χ1v) is 3.34. The first-order valence-electron chi connectivity index (χ1n) is 3.34. The summed E-state index contributed by atoms with van der Waals surface area (Å²) in [7, 11) is 0. The Labute approximate surface area is 70.0 Å². The van der Waals surface area contributed by atoms with E-state index >= 15 is 0 Å². The van der Waals surface area contributed by atoms with Crippen molar-refractivity contribution >= 4 is 11.9 Å². The third kappa shape index (κ3) is 4.45. The smallest absolute Gasteiger partial charge is 0.308 e. The molecule has 0 saturated heterocycles. The van der Waals surface area contributed by atoms with Crippen molar-refractivity contribution in [3.63, 3.8) is 0 Å². The maximum Gasteiger partial charge on any atom is 0.308 e. The van der Waals surface area contributed by atoms with E-state index in [0.717, 1.165) is 0 Å². The molecule has 0 spiro atoms. The van der Waals surface area contributed by atoms with Crippen LogP contribution in [0.15, 0.2) is 12.3 Å². The van der Waals surface area contributed by atoms with E-state index in [1.807, 2.05) is 0 Å². The van der Waals surface area contributed by atoms with Crippen LogP contribution in [0.4, 0.5) is 0 Å². The Kier molecular flexibility index (Phi) is 4.71. The summed E-state index contributed by atoms with van der Waals surface area (Å²) in [4.78, 5) is 21.2. The normalized spacial score (nSPS) is 8.83. The molecule has 0 bridgehead atoms. The van der Waals surface area contributed by atoms with E-state index in [0.29, 0.717) is 0 Å². The number of esters is 1. The molecule has 0 aliphatic rings. The van der Waals surface area contributed by atoms with Gasteiger partial charge in [-0.2, -0.15) is 0 Å². The highest BCUT2D eigenvalue weighted by Gasteiger charge is 2.08. The first-order chi connectivity index (χ1) is 5.57. The SMILES string of the molecule is C=C(OC(C)=O)C(=O)NCCO. The highest BCUT2D eigenvalue weighted by molar-refractivity contribution is 5.92. The average molecular weight is 173 g/mol. The standard InChI is InChI=1S/C7H11NO4/c1-5(12-6(2)10)7(11)8-3-4-9/h9H,1,3-4H2,2H3,(H,8,11). The maximum atomic E-state index is 10.8. The predicted molar refractivity (Wildman–Crippen MR) is 41.0 cm³/mol. The molecule has 0 aliphatic carbocycles. The van der Waals surface area contributed by atoms with E-state index in [4.69, 9.17) is 5.11 Å². The topological polar surface area (TPSA) is 75.6 Å². The zero-order chi connectivity index (χ0) is 9.56. The lowest BCUT2D eigenvalue weighted by molar-refractivity contribution is -0.140. The van der Waals surface area contributed by atoms with Gasteiger partial charge in [0.05, 0.1) is 6.61 Å². The maximum absolute atomic E-state index is 10.8. The van der Waals surface area contributed by atoms with Crippen molar-refractivity contribution in [3.05, 3.63) is 12.3 Å². The molecule has 0 aromatic carbocycles. The monoisotopic (exact) mass is 173 g/mol. The van der Waals surface area contributed by atoms with Crippen LogP contribution in [0.25, 0.3) is 0 Å². The predicted octanol–water partition coefficient (Wildman–Crippen LogP) is -0.828. The largest absolute Gasteiger partial charge is 0.421 e. The van der Waals surface area contributed by atoms with Crippen LogP contribution in [0.5, 0.6) is 0 Å². The average Bonchev–Trinajstić information content (AvgIpc) is 1.98. The van der Waals surface area contributed by atoms with Crippen LogP contribution in [-0.4, -0.2) is 30.1 Å². The summed E-state index contributed by atoms with van der Waals surface area (Å²) in [5, 5.41) is 10.6. The van der Waals surface area contributed by atoms with Crippen LogP contribution < -0.4 is 5.32 Å². The van der Waals surface area contributed by atoms with Gasteiger partial charge >= 0.3 is 5.97 Å². The molecule has 0 radical (unpaired) electrons. The number of aliphatic hydroxyl groups excluding tert-OH is 1. The Morgan fingerprint density at radius 3 is 2.58 bits per heavy atom. The summed E-state index contributed by atoms with van der Waals surface area (Å²) in [6.45, 7) is 4.32. The number of rotatable bonds is 4. The van der Waals surface area contributed by atoms with Gasteiger partial charge in [0, 0.05) is 13.5 Å². The van der Waals surface area contributed by atoms with Gasteiger partial charge in [-0.05, 0) is 0 Å². The van der Waals surface area contributed by atoms with Crippen molar-refractivity contribution in [2.75, 3.05) is 13.2 Å². The number of ether oxygens (including phenoxy) is 1. The zero-order valence-corrected chi connectivity index (χ0v) is 6.79. The summed E-state index contributed by atoms with van der Waals surface area (Å²) < 4.78 is 4.38. The van der Waals surface area contributed by atoms with Crippen LogP contribution in [0.3, 0.4) is 0 Å². The van der Waals surface area contributed by atoms with E-state index in [9.17, 15) is 9.59 Å². The lowest BCUT2D eigenvalue weighted by Gasteiger charge is -2.04. The van der Waals surface area contributed by atoms with Crippen molar-refractivity contribution in [1.82, 2.24) is 5.32 Å². The van der Waals surface area contributed by atoms with Crippen LogP contribution >= 0.6 is 0 Å². The molecule has 0 heterocycles. The van der Waals surface area contributed by atoms with Gasteiger partial charge in [-0.15, -0.1) is 0 Å². The summed E-state index contributed by atoms with van der Waals surface area (Å²) in [5.74, 6) is -1.46.